The van der Waals surface area contributed by atoms with Crippen molar-refractivity contribution in [3.05, 3.63) is 34.6 Å². The second kappa shape index (κ2) is 6.16. The average molecular weight is 272 g/mol. The van der Waals surface area contributed by atoms with Crippen LogP contribution in [0.1, 0.15) is 18.4 Å². The maximum absolute atomic E-state index is 13.5. The van der Waals surface area contributed by atoms with Gasteiger partial charge in [0.2, 0.25) is 5.91 Å². The highest BCUT2D eigenvalue weighted by Crippen LogP contribution is 2.19. The highest BCUT2D eigenvalue weighted by molar-refractivity contribution is 6.31. The number of carbonyl (C=O) groups excluding carboxylic acids is 1. The van der Waals surface area contributed by atoms with Crippen molar-refractivity contribution in [2.24, 2.45) is 0 Å². The van der Waals surface area contributed by atoms with E-state index in [-0.39, 0.29) is 29.0 Å². The molecule has 98 valence electrons. The van der Waals surface area contributed by atoms with Gasteiger partial charge in [0.15, 0.2) is 0 Å². The Morgan fingerprint density at radius 3 is 3.06 bits per heavy atom. The van der Waals surface area contributed by atoms with Gasteiger partial charge < -0.3 is 10.1 Å². The first kappa shape index (κ1) is 13.3. The molecule has 0 spiro atoms. The Morgan fingerprint density at radius 1 is 1.56 bits per heavy atom. The van der Waals surface area contributed by atoms with Crippen LogP contribution >= 0.6 is 11.6 Å². The summed E-state index contributed by atoms with van der Waals surface area (Å²) >= 11 is 5.86. The summed E-state index contributed by atoms with van der Waals surface area (Å²) in [6.07, 6.45) is 2.03. The summed E-state index contributed by atoms with van der Waals surface area (Å²) in [7, 11) is 0. The van der Waals surface area contributed by atoms with Crippen molar-refractivity contribution < 1.29 is 13.9 Å². The Kier molecular flexibility index (Phi) is 4.55. The summed E-state index contributed by atoms with van der Waals surface area (Å²) in [5.74, 6) is -0.688. The van der Waals surface area contributed by atoms with Crippen LogP contribution in [0.25, 0.3) is 0 Å². The van der Waals surface area contributed by atoms with Gasteiger partial charge in [-0.25, -0.2) is 4.39 Å². The number of rotatable bonds is 4. The van der Waals surface area contributed by atoms with Crippen molar-refractivity contribution in [1.29, 1.82) is 0 Å². The molecule has 0 bridgehead atoms. The smallest absolute Gasteiger partial charge is 0.224 e. The molecular weight excluding hydrogens is 257 g/mol. The van der Waals surface area contributed by atoms with Crippen LogP contribution in [0.3, 0.4) is 0 Å². The van der Waals surface area contributed by atoms with Gasteiger partial charge >= 0.3 is 0 Å². The molecule has 0 unspecified atom stereocenters. The van der Waals surface area contributed by atoms with E-state index in [1.807, 2.05) is 0 Å². The van der Waals surface area contributed by atoms with E-state index >= 15 is 0 Å². The number of hydrogen-bond donors (Lipinski definition) is 1. The summed E-state index contributed by atoms with van der Waals surface area (Å²) < 4.78 is 18.8. The summed E-state index contributed by atoms with van der Waals surface area (Å²) in [5.41, 5.74) is 0.240. The topological polar surface area (TPSA) is 38.3 Å². The second-order valence-corrected chi connectivity index (χ2v) is 4.72. The molecule has 1 N–H and O–H groups in total. The van der Waals surface area contributed by atoms with E-state index in [4.69, 9.17) is 16.3 Å². The lowest BCUT2D eigenvalue weighted by atomic mass is 10.1. The summed E-state index contributed by atoms with van der Waals surface area (Å²) in [5, 5.41) is 3.02. The minimum Gasteiger partial charge on any atom is -0.376 e. The summed E-state index contributed by atoms with van der Waals surface area (Å²) in [6.45, 7) is 1.23. The highest BCUT2D eigenvalue weighted by Gasteiger charge is 2.17. The molecule has 1 fully saturated rings. The van der Waals surface area contributed by atoms with Crippen LogP contribution < -0.4 is 5.32 Å². The predicted octanol–water partition coefficient (Wildman–Crippen LogP) is 2.32. The van der Waals surface area contributed by atoms with Gasteiger partial charge in [-0.2, -0.15) is 0 Å². The number of ether oxygens (including phenoxy) is 1. The van der Waals surface area contributed by atoms with Crippen LogP contribution in [0.15, 0.2) is 18.2 Å². The molecule has 1 amide bonds. The van der Waals surface area contributed by atoms with Crippen LogP contribution in [-0.4, -0.2) is 25.2 Å². The van der Waals surface area contributed by atoms with Crippen LogP contribution in [0, 0.1) is 5.82 Å². The second-order valence-electron chi connectivity index (χ2n) is 4.32. The van der Waals surface area contributed by atoms with Crippen LogP contribution in [-0.2, 0) is 16.0 Å². The summed E-state index contributed by atoms with van der Waals surface area (Å²) in [6, 6.07) is 4.40. The predicted molar refractivity (Wildman–Crippen MR) is 67.1 cm³/mol. The van der Waals surface area contributed by atoms with Crippen molar-refractivity contribution >= 4 is 17.5 Å². The monoisotopic (exact) mass is 271 g/mol. The molecule has 3 nitrogen and oxygen atoms in total. The Balaban J connectivity index is 1.86. The number of amides is 1. The van der Waals surface area contributed by atoms with E-state index in [0.29, 0.717) is 6.54 Å². The van der Waals surface area contributed by atoms with Gasteiger partial charge in [-0.05, 0) is 25.0 Å². The van der Waals surface area contributed by atoms with Crippen molar-refractivity contribution in [3.63, 3.8) is 0 Å². The molecule has 0 aromatic heterocycles. The zero-order valence-electron chi connectivity index (χ0n) is 9.92. The SMILES string of the molecule is O=C(Cc1c(F)cccc1Cl)NC[C@@H]1CCCO1. The molecule has 0 aliphatic carbocycles. The molecule has 0 saturated carbocycles. The Morgan fingerprint density at radius 2 is 2.39 bits per heavy atom. The number of nitrogens with one attached hydrogen (secondary N) is 1. The van der Waals surface area contributed by atoms with Crippen LogP contribution in [0.4, 0.5) is 4.39 Å². The van der Waals surface area contributed by atoms with Crippen molar-refractivity contribution in [2.45, 2.75) is 25.4 Å². The lowest BCUT2D eigenvalue weighted by molar-refractivity contribution is -0.121. The molecule has 1 aliphatic heterocycles. The highest BCUT2D eigenvalue weighted by atomic mass is 35.5. The number of carbonyl (C=O) groups is 1. The standard InChI is InChI=1S/C13H15ClFNO2/c14-11-4-1-5-12(15)10(11)7-13(17)16-8-9-3-2-6-18-9/h1,4-5,9H,2-3,6-8H2,(H,16,17)/t9-/m0/s1. The fourth-order valence-electron chi connectivity index (χ4n) is 1.96. The molecule has 2 rings (SSSR count). The Bertz CT molecular complexity index is 413. The molecule has 1 aliphatic rings. The normalized spacial score (nSPS) is 18.9. The fourth-order valence-corrected chi connectivity index (χ4v) is 2.19. The lowest BCUT2D eigenvalue weighted by Crippen LogP contribution is -2.33. The van der Waals surface area contributed by atoms with E-state index in [1.165, 1.54) is 12.1 Å². The van der Waals surface area contributed by atoms with Crippen molar-refractivity contribution in [2.75, 3.05) is 13.2 Å². The Labute approximate surface area is 110 Å². The van der Waals surface area contributed by atoms with E-state index < -0.39 is 5.82 Å². The van der Waals surface area contributed by atoms with Gasteiger partial charge in [0.25, 0.3) is 0 Å². The molecule has 1 aromatic carbocycles. The molecule has 1 heterocycles. The first-order valence-corrected chi connectivity index (χ1v) is 6.36. The molecule has 5 heteroatoms. The van der Waals surface area contributed by atoms with E-state index in [0.717, 1.165) is 19.4 Å². The van der Waals surface area contributed by atoms with Crippen LogP contribution in [0.5, 0.6) is 0 Å². The van der Waals surface area contributed by atoms with Gasteiger partial charge in [0.05, 0.1) is 12.5 Å². The van der Waals surface area contributed by atoms with E-state index in [1.54, 1.807) is 6.07 Å². The van der Waals surface area contributed by atoms with Gasteiger partial charge in [-0.3, -0.25) is 4.79 Å². The molecule has 1 saturated heterocycles. The quantitative estimate of drug-likeness (QED) is 0.913. The largest absolute Gasteiger partial charge is 0.376 e. The minimum absolute atomic E-state index is 0.0434. The van der Waals surface area contributed by atoms with Crippen molar-refractivity contribution in [1.82, 2.24) is 5.32 Å². The maximum Gasteiger partial charge on any atom is 0.224 e. The maximum atomic E-state index is 13.5. The minimum atomic E-state index is -0.449. The lowest BCUT2D eigenvalue weighted by Gasteiger charge is -2.11. The van der Waals surface area contributed by atoms with Gasteiger partial charge in [-0.1, -0.05) is 17.7 Å². The molecule has 0 radical (unpaired) electrons. The Hall–Kier alpha value is -1.13. The van der Waals surface area contributed by atoms with Gasteiger partial charge in [0.1, 0.15) is 5.82 Å². The first-order valence-electron chi connectivity index (χ1n) is 5.98. The molecule has 18 heavy (non-hydrogen) atoms. The third-order valence-electron chi connectivity index (χ3n) is 2.95. The first-order chi connectivity index (χ1) is 8.66. The summed E-state index contributed by atoms with van der Waals surface area (Å²) in [4.78, 5) is 11.7. The molecular formula is C13H15ClFNO2. The average Bonchev–Trinajstić information content (AvgIpc) is 2.84. The third kappa shape index (κ3) is 3.43. The number of hydrogen-bond acceptors (Lipinski definition) is 2. The third-order valence-corrected chi connectivity index (χ3v) is 3.30. The van der Waals surface area contributed by atoms with E-state index in [2.05, 4.69) is 5.32 Å². The number of halogens is 2. The zero-order chi connectivity index (χ0) is 13.0. The van der Waals surface area contributed by atoms with Crippen molar-refractivity contribution in [3.8, 4) is 0 Å². The molecule has 1 atom stereocenters. The van der Waals surface area contributed by atoms with E-state index in [9.17, 15) is 9.18 Å². The molecule has 1 aromatic rings. The fraction of sp³-hybridized carbons (Fsp3) is 0.462. The van der Waals surface area contributed by atoms with Gasteiger partial charge in [0, 0.05) is 23.7 Å². The number of benzene rings is 1. The zero-order valence-corrected chi connectivity index (χ0v) is 10.7. The van der Waals surface area contributed by atoms with Crippen LogP contribution in [0.2, 0.25) is 5.02 Å². The van der Waals surface area contributed by atoms with Gasteiger partial charge in [-0.15, -0.1) is 0 Å².